The van der Waals surface area contributed by atoms with E-state index in [4.69, 9.17) is 4.74 Å². The summed E-state index contributed by atoms with van der Waals surface area (Å²) in [5.41, 5.74) is 0.434. The minimum absolute atomic E-state index is 0.345. The van der Waals surface area contributed by atoms with Gasteiger partial charge in [-0.25, -0.2) is 4.79 Å². The Balaban J connectivity index is 2.12. The van der Waals surface area contributed by atoms with E-state index in [1.807, 2.05) is 24.3 Å². The van der Waals surface area contributed by atoms with Gasteiger partial charge < -0.3 is 9.47 Å². The quantitative estimate of drug-likeness (QED) is 0.566. The Morgan fingerprint density at radius 3 is 2.56 bits per heavy atom. The molecule has 2 aromatic rings. The minimum Gasteiger partial charge on any atom is -0.470 e. The molecule has 0 aliphatic carbocycles. The fourth-order valence-corrected chi connectivity index (χ4v) is 2.09. The Morgan fingerprint density at radius 2 is 1.89 bits per heavy atom. The highest BCUT2D eigenvalue weighted by atomic mass is 16.6. The molecule has 0 fully saturated rings. The number of ether oxygens (including phenoxy) is 2. The lowest BCUT2D eigenvalue weighted by atomic mass is 10.0. The summed E-state index contributed by atoms with van der Waals surface area (Å²) < 4.78 is 9.90. The molecule has 2 aromatic carbocycles. The van der Waals surface area contributed by atoms with Crippen molar-refractivity contribution in [1.82, 2.24) is 0 Å². The monoisotopic (exact) mass is 242 g/mol. The average molecular weight is 242 g/mol. The molecule has 0 saturated heterocycles. The second kappa shape index (κ2) is 3.84. The smallest absolute Gasteiger partial charge is 0.355 e. The van der Waals surface area contributed by atoms with Gasteiger partial charge in [0.15, 0.2) is 0 Å². The zero-order valence-corrected chi connectivity index (χ0v) is 9.67. The van der Waals surface area contributed by atoms with Crippen molar-refractivity contribution in [2.24, 2.45) is 0 Å². The van der Waals surface area contributed by atoms with E-state index in [0.717, 1.165) is 10.8 Å². The Morgan fingerprint density at radius 1 is 1.22 bits per heavy atom. The molecule has 4 heteroatoms. The Kier molecular flexibility index (Phi) is 2.30. The van der Waals surface area contributed by atoms with E-state index in [-0.39, 0.29) is 5.78 Å². The first-order chi connectivity index (χ1) is 8.70. The standard InChI is InChI=1S/C14H10O4/c1-17-14(16)13-12(15)10-6-8-4-2-3-5-9(8)7-11(10)18-13/h2-7,13H,1H3. The third kappa shape index (κ3) is 1.46. The number of esters is 1. The van der Waals surface area contributed by atoms with Crippen LogP contribution in [-0.2, 0) is 9.53 Å². The summed E-state index contributed by atoms with van der Waals surface area (Å²) in [5, 5.41) is 1.91. The lowest BCUT2D eigenvalue weighted by molar-refractivity contribution is -0.145. The number of carbonyl (C=O) groups is 2. The van der Waals surface area contributed by atoms with Crippen LogP contribution in [0.25, 0.3) is 10.8 Å². The van der Waals surface area contributed by atoms with Crippen molar-refractivity contribution in [2.45, 2.75) is 6.10 Å². The van der Waals surface area contributed by atoms with Gasteiger partial charge in [-0.2, -0.15) is 0 Å². The number of ketones is 1. The molecule has 3 rings (SSSR count). The number of methoxy groups -OCH3 is 1. The minimum atomic E-state index is -1.16. The third-order valence-corrected chi connectivity index (χ3v) is 3.01. The first kappa shape index (κ1) is 10.8. The van der Waals surface area contributed by atoms with E-state index < -0.39 is 12.1 Å². The van der Waals surface area contributed by atoms with Crippen molar-refractivity contribution in [3.8, 4) is 5.75 Å². The van der Waals surface area contributed by atoms with E-state index >= 15 is 0 Å². The van der Waals surface area contributed by atoms with Crippen molar-refractivity contribution in [3.05, 3.63) is 42.0 Å². The zero-order chi connectivity index (χ0) is 12.7. The molecule has 1 heterocycles. The van der Waals surface area contributed by atoms with Gasteiger partial charge in [-0.3, -0.25) is 4.79 Å². The summed E-state index contributed by atoms with van der Waals surface area (Å²) >= 11 is 0. The van der Waals surface area contributed by atoms with Crippen molar-refractivity contribution < 1.29 is 19.1 Å². The molecule has 0 saturated carbocycles. The summed E-state index contributed by atoms with van der Waals surface area (Å²) in [6.07, 6.45) is -1.16. The molecule has 0 radical (unpaired) electrons. The topological polar surface area (TPSA) is 52.6 Å². The number of Topliss-reactive ketones (excluding diaryl/α,β-unsaturated/α-hetero) is 1. The van der Waals surface area contributed by atoms with Gasteiger partial charge in [0, 0.05) is 0 Å². The lowest BCUT2D eigenvalue weighted by Gasteiger charge is -2.05. The average Bonchev–Trinajstić information content (AvgIpc) is 2.72. The van der Waals surface area contributed by atoms with Crippen molar-refractivity contribution in [3.63, 3.8) is 0 Å². The van der Waals surface area contributed by atoms with Gasteiger partial charge in [0.05, 0.1) is 12.7 Å². The van der Waals surface area contributed by atoms with Crippen LogP contribution in [0, 0.1) is 0 Å². The Labute approximate surface area is 103 Å². The van der Waals surface area contributed by atoms with Crippen LogP contribution >= 0.6 is 0 Å². The second-order valence-corrected chi connectivity index (χ2v) is 4.08. The summed E-state index contributed by atoms with van der Waals surface area (Å²) in [5.74, 6) is -0.572. The zero-order valence-electron chi connectivity index (χ0n) is 9.67. The van der Waals surface area contributed by atoms with Gasteiger partial charge in [-0.15, -0.1) is 0 Å². The SMILES string of the molecule is COC(=O)C1Oc2cc3ccccc3cc2C1=O. The maximum atomic E-state index is 12.0. The molecule has 1 aliphatic rings. The van der Waals surface area contributed by atoms with Crippen LogP contribution in [0.2, 0.25) is 0 Å². The molecule has 0 N–H and O–H groups in total. The summed E-state index contributed by atoms with van der Waals surface area (Å²) in [7, 11) is 1.23. The predicted molar refractivity (Wildman–Crippen MR) is 64.7 cm³/mol. The number of carbonyl (C=O) groups excluding carboxylic acids is 2. The molecular weight excluding hydrogens is 232 g/mol. The number of hydrogen-bond donors (Lipinski definition) is 0. The summed E-state index contributed by atoms with van der Waals surface area (Å²) in [6, 6.07) is 11.2. The highest BCUT2D eigenvalue weighted by Crippen LogP contribution is 2.33. The third-order valence-electron chi connectivity index (χ3n) is 3.01. The molecule has 0 spiro atoms. The van der Waals surface area contributed by atoms with Crippen LogP contribution < -0.4 is 4.74 Å². The highest BCUT2D eigenvalue weighted by molar-refractivity contribution is 6.16. The number of benzene rings is 2. The van der Waals surface area contributed by atoms with E-state index in [9.17, 15) is 9.59 Å². The van der Waals surface area contributed by atoms with Gasteiger partial charge in [-0.1, -0.05) is 24.3 Å². The Hall–Kier alpha value is -2.36. The van der Waals surface area contributed by atoms with Crippen LogP contribution in [-0.4, -0.2) is 25.0 Å². The van der Waals surface area contributed by atoms with Crippen LogP contribution in [0.3, 0.4) is 0 Å². The van der Waals surface area contributed by atoms with Crippen molar-refractivity contribution in [1.29, 1.82) is 0 Å². The van der Waals surface area contributed by atoms with Crippen LogP contribution in [0.15, 0.2) is 36.4 Å². The summed E-state index contributed by atoms with van der Waals surface area (Å²) in [4.78, 5) is 23.4. The normalized spacial score (nSPS) is 17.4. The molecule has 1 atom stereocenters. The van der Waals surface area contributed by atoms with E-state index in [1.165, 1.54) is 7.11 Å². The fourth-order valence-electron chi connectivity index (χ4n) is 2.09. The van der Waals surface area contributed by atoms with Gasteiger partial charge >= 0.3 is 5.97 Å². The van der Waals surface area contributed by atoms with Crippen molar-refractivity contribution in [2.75, 3.05) is 7.11 Å². The van der Waals surface area contributed by atoms with E-state index in [2.05, 4.69) is 4.74 Å². The summed E-state index contributed by atoms with van der Waals surface area (Å²) in [6.45, 7) is 0. The number of hydrogen-bond acceptors (Lipinski definition) is 4. The van der Waals surface area contributed by atoms with Crippen LogP contribution in [0.4, 0.5) is 0 Å². The predicted octanol–water partition coefficient (Wildman–Crippen LogP) is 1.96. The lowest BCUT2D eigenvalue weighted by Crippen LogP contribution is -2.31. The molecule has 0 amide bonds. The molecule has 90 valence electrons. The fraction of sp³-hybridized carbons (Fsp3) is 0.143. The molecule has 1 unspecified atom stereocenters. The molecule has 0 aromatic heterocycles. The highest BCUT2D eigenvalue weighted by Gasteiger charge is 2.38. The maximum Gasteiger partial charge on any atom is 0.355 e. The second-order valence-electron chi connectivity index (χ2n) is 4.08. The van der Waals surface area contributed by atoms with Gasteiger partial charge in [0.2, 0.25) is 5.78 Å². The largest absolute Gasteiger partial charge is 0.470 e. The van der Waals surface area contributed by atoms with Crippen LogP contribution in [0.5, 0.6) is 5.75 Å². The van der Waals surface area contributed by atoms with Gasteiger partial charge in [0.25, 0.3) is 6.10 Å². The molecule has 0 bridgehead atoms. The Bertz CT molecular complexity index is 660. The first-order valence-electron chi connectivity index (χ1n) is 5.52. The van der Waals surface area contributed by atoms with Crippen LogP contribution in [0.1, 0.15) is 10.4 Å². The van der Waals surface area contributed by atoms with Crippen molar-refractivity contribution >= 4 is 22.5 Å². The maximum absolute atomic E-state index is 12.0. The number of fused-ring (bicyclic) bond motifs is 2. The first-order valence-corrected chi connectivity index (χ1v) is 5.52. The molecular formula is C14H10O4. The van der Waals surface area contributed by atoms with E-state index in [1.54, 1.807) is 12.1 Å². The molecule has 18 heavy (non-hydrogen) atoms. The molecule has 4 nitrogen and oxygen atoms in total. The number of rotatable bonds is 1. The van der Waals surface area contributed by atoms with E-state index in [0.29, 0.717) is 11.3 Å². The molecule has 1 aliphatic heterocycles. The van der Waals surface area contributed by atoms with Gasteiger partial charge in [0.1, 0.15) is 5.75 Å². The van der Waals surface area contributed by atoms with Gasteiger partial charge in [-0.05, 0) is 22.9 Å².